The average Bonchev–Trinajstić information content (AvgIpc) is 2.06. The van der Waals surface area contributed by atoms with E-state index in [1.165, 1.54) is 0 Å². The van der Waals surface area contributed by atoms with E-state index in [9.17, 15) is 8.42 Å². The molecule has 5 heteroatoms. The van der Waals surface area contributed by atoms with Crippen LogP contribution in [0.3, 0.4) is 0 Å². The van der Waals surface area contributed by atoms with Crippen molar-refractivity contribution in [2.24, 2.45) is 0 Å². The third-order valence-electron chi connectivity index (χ3n) is 1.92. The quantitative estimate of drug-likeness (QED) is 0.693. The van der Waals surface area contributed by atoms with Gasteiger partial charge in [-0.2, -0.15) is 5.26 Å². The molecule has 0 N–H and O–H groups in total. The van der Waals surface area contributed by atoms with Crippen LogP contribution in [0.4, 0.5) is 0 Å². The first-order valence-corrected chi connectivity index (χ1v) is 6.14. The third-order valence-corrected chi connectivity index (χ3v) is 3.40. The fourth-order valence-corrected chi connectivity index (χ4v) is 2.74. The molecule has 0 heterocycles. The molecule has 0 aliphatic carbocycles. The van der Waals surface area contributed by atoms with Crippen molar-refractivity contribution in [1.29, 1.82) is 5.26 Å². The van der Waals surface area contributed by atoms with Crippen molar-refractivity contribution in [1.82, 2.24) is 0 Å². The van der Waals surface area contributed by atoms with Crippen LogP contribution < -0.4 is 0 Å². The van der Waals surface area contributed by atoms with E-state index >= 15 is 0 Å². The maximum atomic E-state index is 11.2. The number of nitriles is 1. The van der Waals surface area contributed by atoms with Crippen molar-refractivity contribution in [3.05, 3.63) is 28.8 Å². The topological polar surface area (TPSA) is 57.9 Å². The van der Waals surface area contributed by atoms with Gasteiger partial charge in [0.25, 0.3) is 9.05 Å². The minimum atomic E-state index is -3.85. The van der Waals surface area contributed by atoms with Crippen LogP contribution in [-0.4, -0.2) is 8.42 Å². The number of halogens is 1. The highest BCUT2D eigenvalue weighted by atomic mass is 35.7. The summed E-state index contributed by atoms with van der Waals surface area (Å²) < 4.78 is 22.4. The Morgan fingerprint density at radius 1 is 1.29 bits per heavy atom. The molecule has 0 bridgehead atoms. The molecule has 0 amide bonds. The second kappa shape index (κ2) is 3.60. The molecule has 0 unspecified atom stereocenters. The van der Waals surface area contributed by atoms with Crippen LogP contribution in [0, 0.1) is 25.2 Å². The molecule has 0 fully saturated rings. The zero-order chi connectivity index (χ0) is 10.9. The van der Waals surface area contributed by atoms with Gasteiger partial charge < -0.3 is 0 Å². The fourth-order valence-electron chi connectivity index (χ4n) is 1.24. The molecule has 0 atom stereocenters. The van der Waals surface area contributed by atoms with Gasteiger partial charge in [0.05, 0.1) is 5.56 Å². The van der Waals surface area contributed by atoms with E-state index < -0.39 is 9.05 Å². The van der Waals surface area contributed by atoms with Crippen LogP contribution in [0.25, 0.3) is 0 Å². The highest BCUT2D eigenvalue weighted by molar-refractivity contribution is 8.13. The zero-order valence-electron chi connectivity index (χ0n) is 7.70. The SMILES string of the molecule is Cc1ccc(C)c(S(=O)(=O)Cl)c1C#N. The first kappa shape index (κ1) is 11.0. The monoisotopic (exact) mass is 229 g/mol. The standard InChI is InChI=1S/C9H8ClNO2S/c1-6-3-4-7(2)9(8(6)5-11)14(10,12)13/h3-4H,1-2H3. The minimum absolute atomic E-state index is 0.0818. The molecule has 0 aliphatic heterocycles. The van der Waals surface area contributed by atoms with Crippen LogP contribution in [-0.2, 0) is 9.05 Å². The lowest BCUT2D eigenvalue weighted by Gasteiger charge is -2.06. The summed E-state index contributed by atoms with van der Waals surface area (Å²) >= 11 is 0. The highest BCUT2D eigenvalue weighted by Gasteiger charge is 2.19. The third kappa shape index (κ3) is 1.89. The molecule has 0 radical (unpaired) electrons. The van der Waals surface area contributed by atoms with E-state index in [0.29, 0.717) is 11.1 Å². The van der Waals surface area contributed by atoms with Gasteiger partial charge in [0.15, 0.2) is 0 Å². The number of benzene rings is 1. The second-order valence-electron chi connectivity index (χ2n) is 2.95. The normalized spacial score (nSPS) is 11.0. The molecule has 1 rings (SSSR count). The van der Waals surface area contributed by atoms with Crippen molar-refractivity contribution in [3.63, 3.8) is 0 Å². The Morgan fingerprint density at radius 3 is 2.14 bits per heavy atom. The maximum absolute atomic E-state index is 11.2. The van der Waals surface area contributed by atoms with E-state index in [1.54, 1.807) is 26.0 Å². The minimum Gasteiger partial charge on any atom is -0.207 e. The van der Waals surface area contributed by atoms with Gasteiger partial charge in [-0.3, -0.25) is 0 Å². The number of hydrogen-bond donors (Lipinski definition) is 0. The van der Waals surface area contributed by atoms with E-state index in [0.717, 1.165) is 0 Å². The summed E-state index contributed by atoms with van der Waals surface area (Å²) in [7, 11) is 1.39. The smallest absolute Gasteiger partial charge is 0.207 e. The molecule has 1 aromatic rings. The van der Waals surface area contributed by atoms with Crippen LogP contribution in [0.15, 0.2) is 17.0 Å². The largest absolute Gasteiger partial charge is 0.262 e. The molecule has 3 nitrogen and oxygen atoms in total. The summed E-state index contributed by atoms with van der Waals surface area (Å²) in [5.74, 6) is 0. The molecule has 1 aromatic carbocycles. The van der Waals surface area contributed by atoms with E-state index in [4.69, 9.17) is 15.9 Å². The number of aryl methyl sites for hydroxylation is 2. The maximum Gasteiger partial charge on any atom is 0.262 e. The van der Waals surface area contributed by atoms with Crippen LogP contribution in [0.2, 0.25) is 0 Å². The van der Waals surface area contributed by atoms with Crippen LogP contribution in [0.1, 0.15) is 16.7 Å². The Kier molecular flexibility index (Phi) is 2.84. The fraction of sp³-hybridized carbons (Fsp3) is 0.222. The summed E-state index contributed by atoms with van der Waals surface area (Å²) in [6.07, 6.45) is 0. The van der Waals surface area contributed by atoms with Crippen molar-refractivity contribution < 1.29 is 8.42 Å². The highest BCUT2D eigenvalue weighted by Crippen LogP contribution is 2.25. The second-order valence-corrected chi connectivity index (χ2v) is 5.46. The summed E-state index contributed by atoms with van der Waals surface area (Å²) in [5.41, 5.74) is 1.22. The van der Waals surface area contributed by atoms with Crippen molar-refractivity contribution >= 4 is 19.7 Å². The predicted octanol–water partition coefficient (Wildman–Crippen LogP) is 2.10. The molecule has 74 valence electrons. The Morgan fingerprint density at radius 2 is 1.79 bits per heavy atom. The lowest BCUT2D eigenvalue weighted by atomic mass is 10.1. The van der Waals surface area contributed by atoms with E-state index in [-0.39, 0.29) is 10.5 Å². The Bertz CT molecular complexity index is 514. The van der Waals surface area contributed by atoms with Gasteiger partial charge in [-0.05, 0) is 25.0 Å². The van der Waals surface area contributed by atoms with Crippen LogP contribution >= 0.6 is 10.7 Å². The molecule has 0 saturated carbocycles. The van der Waals surface area contributed by atoms with E-state index in [1.807, 2.05) is 6.07 Å². The van der Waals surface area contributed by atoms with Crippen molar-refractivity contribution in [3.8, 4) is 6.07 Å². The molecule has 0 saturated heterocycles. The van der Waals surface area contributed by atoms with Crippen molar-refractivity contribution in [2.45, 2.75) is 18.7 Å². The Labute approximate surface area is 87.4 Å². The molecular formula is C9H8ClNO2S. The first-order chi connectivity index (χ1) is 6.38. The molecule has 0 aromatic heterocycles. The lowest BCUT2D eigenvalue weighted by Crippen LogP contribution is -2.00. The first-order valence-electron chi connectivity index (χ1n) is 3.83. The van der Waals surface area contributed by atoms with Gasteiger partial charge in [-0.15, -0.1) is 0 Å². The van der Waals surface area contributed by atoms with Gasteiger partial charge in [0.2, 0.25) is 0 Å². The number of nitrogens with zero attached hydrogens (tertiary/aromatic N) is 1. The van der Waals surface area contributed by atoms with Gasteiger partial charge in [0, 0.05) is 10.7 Å². The Balaban J connectivity index is 3.74. The van der Waals surface area contributed by atoms with E-state index in [2.05, 4.69) is 0 Å². The average molecular weight is 230 g/mol. The summed E-state index contributed by atoms with van der Waals surface area (Å²) in [6.45, 7) is 3.28. The zero-order valence-corrected chi connectivity index (χ0v) is 9.28. The van der Waals surface area contributed by atoms with Gasteiger partial charge in [-0.1, -0.05) is 12.1 Å². The molecule has 0 aliphatic rings. The summed E-state index contributed by atoms with van der Waals surface area (Å²) in [6, 6.07) is 5.17. The number of hydrogen-bond acceptors (Lipinski definition) is 3. The van der Waals surface area contributed by atoms with Crippen LogP contribution in [0.5, 0.6) is 0 Å². The van der Waals surface area contributed by atoms with Gasteiger partial charge in [-0.25, -0.2) is 8.42 Å². The number of rotatable bonds is 1. The van der Waals surface area contributed by atoms with Gasteiger partial charge >= 0.3 is 0 Å². The Hall–Kier alpha value is -1.05. The van der Waals surface area contributed by atoms with Crippen molar-refractivity contribution in [2.75, 3.05) is 0 Å². The molecular weight excluding hydrogens is 222 g/mol. The molecule has 14 heavy (non-hydrogen) atoms. The van der Waals surface area contributed by atoms with Gasteiger partial charge in [0.1, 0.15) is 11.0 Å². The summed E-state index contributed by atoms with van der Waals surface area (Å²) in [5, 5.41) is 8.81. The molecule has 0 spiro atoms. The lowest BCUT2D eigenvalue weighted by molar-refractivity contribution is 0.608. The summed E-state index contributed by atoms with van der Waals surface area (Å²) in [4.78, 5) is -0.0818. The predicted molar refractivity (Wildman–Crippen MR) is 53.7 cm³/mol.